The van der Waals surface area contributed by atoms with Gasteiger partial charge < -0.3 is 14.2 Å². The zero-order valence-electron chi connectivity index (χ0n) is 46.3. The Morgan fingerprint density at radius 3 is 0.836 bits per heavy atom. The smallest absolute Gasteiger partial charge is 0.310 e. The topological polar surface area (TPSA) is 78.9 Å². The summed E-state index contributed by atoms with van der Waals surface area (Å²) in [6, 6.07) is 0. The average Bonchev–Trinajstić information content (AvgIpc) is 3.39. The number of rotatable bonds is 49. The maximum absolute atomic E-state index is 12.8. The second-order valence-corrected chi connectivity index (χ2v) is 18.1. The van der Waals surface area contributed by atoms with E-state index < -0.39 is 12.1 Å². The molecule has 406 valence electrons. The molecule has 1 unspecified atom stereocenters. The van der Waals surface area contributed by atoms with E-state index in [2.05, 4.69) is 179 Å². The third-order valence-corrected chi connectivity index (χ3v) is 11.2. The molecule has 1 atom stereocenters. The molecule has 73 heavy (non-hydrogen) atoms. The molecular formula is C67H102O6. The monoisotopic (exact) mass is 1000 g/mol. The van der Waals surface area contributed by atoms with Crippen molar-refractivity contribution in [1.82, 2.24) is 0 Å². The van der Waals surface area contributed by atoms with Crippen molar-refractivity contribution in [2.45, 2.75) is 219 Å². The number of esters is 3. The number of hydrogen-bond donors (Lipinski definition) is 0. The second-order valence-electron chi connectivity index (χ2n) is 18.1. The highest BCUT2D eigenvalue weighted by Crippen LogP contribution is 2.12. The van der Waals surface area contributed by atoms with E-state index in [4.69, 9.17) is 14.2 Å². The average molecular weight is 1000 g/mol. The van der Waals surface area contributed by atoms with Gasteiger partial charge in [-0.15, -0.1) is 0 Å². The highest BCUT2D eigenvalue weighted by atomic mass is 16.6. The molecule has 0 aliphatic carbocycles. The van der Waals surface area contributed by atoms with Crippen LogP contribution in [-0.2, 0) is 28.6 Å². The van der Waals surface area contributed by atoms with Gasteiger partial charge in [0.2, 0.25) is 0 Å². The summed E-state index contributed by atoms with van der Waals surface area (Å²) in [5, 5.41) is 0. The van der Waals surface area contributed by atoms with Crippen LogP contribution in [0.25, 0.3) is 0 Å². The van der Waals surface area contributed by atoms with Crippen molar-refractivity contribution in [3.05, 3.63) is 170 Å². The Morgan fingerprint density at radius 2 is 0.534 bits per heavy atom. The molecule has 0 N–H and O–H groups in total. The molecule has 0 aromatic carbocycles. The van der Waals surface area contributed by atoms with Crippen molar-refractivity contribution in [2.75, 3.05) is 13.2 Å². The minimum absolute atomic E-state index is 0.0804. The molecule has 0 heterocycles. The lowest BCUT2D eigenvalue weighted by molar-refractivity contribution is -0.166. The lowest BCUT2D eigenvalue weighted by Crippen LogP contribution is -2.30. The van der Waals surface area contributed by atoms with E-state index in [-0.39, 0.29) is 31.6 Å². The van der Waals surface area contributed by atoms with Crippen LogP contribution in [0.5, 0.6) is 0 Å². The standard InChI is InChI=1S/C67H102O6/c1-4-7-10-13-16-19-22-25-28-29-30-31-32-33-34-35-36-37-40-42-45-48-51-54-57-60-66(69)72-63-64(73-67(70)61-58-55-52-49-46-43-39-27-24-21-18-15-12-9-6-3)62-71-65(68)59-56-53-50-47-44-41-38-26-23-20-17-14-11-8-5-2/h7-12,16-21,25-28,30-31,33-34,36-39,46,49,55,58,64H,4-6,13-15,22-24,29,32,35,40-45,47-48,50-54,56-57,59-63H2,1-3H3/b10-7-,11-8-,12-9-,19-16-,20-17-,21-18-,28-25-,31-30-,34-33-,37-36-,38-26-,39-27-,49-46-,58-55-. The predicted octanol–water partition coefficient (Wildman–Crippen LogP) is 19.5. The van der Waals surface area contributed by atoms with E-state index in [9.17, 15) is 14.4 Å². The molecule has 0 aromatic rings. The zero-order valence-corrected chi connectivity index (χ0v) is 46.3. The summed E-state index contributed by atoms with van der Waals surface area (Å²) in [7, 11) is 0. The van der Waals surface area contributed by atoms with Gasteiger partial charge >= 0.3 is 17.9 Å². The third-order valence-electron chi connectivity index (χ3n) is 11.2. The van der Waals surface area contributed by atoms with Crippen LogP contribution in [0.4, 0.5) is 0 Å². The molecule has 0 fully saturated rings. The van der Waals surface area contributed by atoms with Gasteiger partial charge in [-0.05, 0) is 128 Å². The fourth-order valence-electron chi connectivity index (χ4n) is 7.06. The fourth-order valence-corrected chi connectivity index (χ4v) is 7.06. The summed E-state index contributed by atoms with van der Waals surface area (Å²) in [5.74, 6) is -1.11. The van der Waals surface area contributed by atoms with Gasteiger partial charge in [-0.3, -0.25) is 14.4 Å². The molecular weight excluding hydrogens is 901 g/mol. The Balaban J connectivity index is 4.52. The maximum atomic E-state index is 12.8. The highest BCUT2D eigenvalue weighted by molar-refractivity contribution is 5.72. The first-order chi connectivity index (χ1) is 36.0. The largest absolute Gasteiger partial charge is 0.462 e. The van der Waals surface area contributed by atoms with Gasteiger partial charge in [0.1, 0.15) is 13.2 Å². The van der Waals surface area contributed by atoms with Gasteiger partial charge in [0.15, 0.2) is 6.10 Å². The molecule has 0 rings (SSSR count). The molecule has 0 saturated heterocycles. The van der Waals surface area contributed by atoms with Gasteiger partial charge in [0, 0.05) is 12.8 Å². The molecule has 0 bridgehead atoms. The van der Waals surface area contributed by atoms with Crippen LogP contribution in [0, 0.1) is 0 Å². The summed E-state index contributed by atoms with van der Waals surface area (Å²) >= 11 is 0. The Kier molecular flexibility index (Phi) is 55.1. The van der Waals surface area contributed by atoms with Gasteiger partial charge in [0.25, 0.3) is 0 Å². The molecule has 0 amide bonds. The first-order valence-corrected chi connectivity index (χ1v) is 28.6. The van der Waals surface area contributed by atoms with E-state index >= 15 is 0 Å². The van der Waals surface area contributed by atoms with Gasteiger partial charge in [-0.25, -0.2) is 0 Å². The number of carbonyl (C=O) groups is 3. The summed E-state index contributed by atoms with van der Waals surface area (Å²) in [6.07, 6.45) is 88.0. The van der Waals surface area contributed by atoms with Crippen molar-refractivity contribution in [1.29, 1.82) is 0 Å². The van der Waals surface area contributed by atoms with E-state index in [1.165, 1.54) is 12.8 Å². The van der Waals surface area contributed by atoms with Crippen molar-refractivity contribution in [3.8, 4) is 0 Å². The normalized spacial score (nSPS) is 13.4. The number of carbonyl (C=O) groups excluding carboxylic acids is 3. The fraction of sp³-hybridized carbons (Fsp3) is 0.537. The molecule has 0 aromatic heterocycles. The minimum atomic E-state index is -0.856. The molecule has 0 radical (unpaired) electrons. The SMILES string of the molecule is CC/C=C\C/C=C\C/C=C\C/C=C\C/C=C\C/C=C\CCCCCCCCC(=O)OCC(COC(=O)CCCCCCC/C=C\C/C=C\C/C=C\CC)OC(=O)C/C=C\C/C=C\C/C=C\C/C=C\C/C=C\CC. The van der Waals surface area contributed by atoms with Gasteiger partial charge in [-0.2, -0.15) is 0 Å². The first-order valence-electron chi connectivity index (χ1n) is 28.6. The van der Waals surface area contributed by atoms with Crippen LogP contribution in [0.1, 0.15) is 213 Å². The third kappa shape index (κ3) is 57.5. The molecule has 0 aliphatic rings. The summed E-state index contributed by atoms with van der Waals surface area (Å²) < 4.78 is 16.7. The van der Waals surface area contributed by atoms with Crippen LogP contribution >= 0.6 is 0 Å². The first kappa shape index (κ1) is 67.8. The van der Waals surface area contributed by atoms with Crippen molar-refractivity contribution in [2.24, 2.45) is 0 Å². The van der Waals surface area contributed by atoms with Crippen LogP contribution in [0.3, 0.4) is 0 Å². The molecule has 0 saturated carbocycles. The number of allylic oxidation sites excluding steroid dienone is 27. The Morgan fingerprint density at radius 1 is 0.288 bits per heavy atom. The van der Waals surface area contributed by atoms with Crippen molar-refractivity contribution >= 4 is 17.9 Å². The number of hydrogen-bond acceptors (Lipinski definition) is 6. The second kappa shape index (κ2) is 59.3. The quantitative estimate of drug-likeness (QED) is 0.0261. The Bertz CT molecular complexity index is 1720. The molecule has 6 heteroatoms. The lowest BCUT2D eigenvalue weighted by Gasteiger charge is -2.18. The molecule has 6 nitrogen and oxygen atoms in total. The minimum Gasteiger partial charge on any atom is -0.462 e. The van der Waals surface area contributed by atoms with Crippen LogP contribution in [0.15, 0.2) is 170 Å². The van der Waals surface area contributed by atoms with Gasteiger partial charge in [-0.1, -0.05) is 236 Å². The molecule has 0 aliphatic heterocycles. The summed E-state index contributed by atoms with van der Waals surface area (Å²) in [5.41, 5.74) is 0. The maximum Gasteiger partial charge on any atom is 0.310 e. The Hall–Kier alpha value is -5.23. The number of unbranched alkanes of at least 4 members (excludes halogenated alkanes) is 11. The summed E-state index contributed by atoms with van der Waals surface area (Å²) in [4.78, 5) is 38.1. The van der Waals surface area contributed by atoms with E-state index in [0.717, 1.165) is 154 Å². The van der Waals surface area contributed by atoms with Gasteiger partial charge in [0.05, 0.1) is 6.42 Å². The van der Waals surface area contributed by atoms with Crippen LogP contribution in [-0.4, -0.2) is 37.2 Å². The van der Waals surface area contributed by atoms with E-state index in [0.29, 0.717) is 19.3 Å². The van der Waals surface area contributed by atoms with E-state index in [1.54, 1.807) is 6.08 Å². The molecule has 0 spiro atoms. The van der Waals surface area contributed by atoms with Crippen LogP contribution < -0.4 is 0 Å². The van der Waals surface area contributed by atoms with Crippen molar-refractivity contribution < 1.29 is 28.6 Å². The Labute approximate surface area is 447 Å². The van der Waals surface area contributed by atoms with E-state index in [1.807, 2.05) is 6.08 Å². The zero-order chi connectivity index (χ0) is 52.9. The summed E-state index contributed by atoms with van der Waals surface area (Å²) in [6.45, 7) is 6.16. The van der Waals surface area contributed by atoms with Crippen LogP contribution in [0.2, 0.25) is 0 Å². The lowest BCUT2D eigenvalue weighted by atomic mass is 10.1. The highest BCUT2D eigenvalue weighted by Gasteiger charge is 2.19. The number of ether oxygens (including phenoxy) is 3. The van der Waals surface area contributed by atoms with Crippen molar-refractivity contribution in [3.63, 3.8) is 0 Å². The predicted molar refractivity (Wildman–Crippen MR) is 315 cm³/mol.